The average Bonchev–Trinajstić information content (AvgIpc) is 2.14. The molecule has 4 heteroatoms. The molecule has 0 bridgehead atoms. The van der Waals surface area contributed by atoms with Crippen LogP contribution in [0.5, 0.6) is 0 Å². The van der Waals surface area contributed by atoms with Crippen LogP contribution in [0, 0.1) is 6.92 Å². The van der Waals surface area contributed by atoms with Gasteiger partial charge in [0.2, 0.25) is 0 Å². The van der Waals surface area contributed by atoms with Gasteiger partial charge in [-0.15, -0.1) is 0 Å². The maximum Gasteiger partial charge on any atom is 0.317 e. The van der Waals surface area contributed by atoms with Crippen molar-refractivity contribution in [3.63, 3.8) is 0 Å². The Morgan fingerprint density at radius 2 is 2.36 bits per heavy atom. The summed E-state index contributed by atoms with van der Waals surface area (Å²) in [6.07, 6.45) is 0.607. The number of carboxylic acids is 1. The lowest BCUT2D eigenvalue weighted by molar-refractivity contribution is -0.136. The molecule has 0 amide bonds. The summed E-state index contributed by atoms with van der Waals surface area (Å²) < 4.78 is 0. The highest BCUT2D eigenvalue weighted by Gasteiger charge is 2.16. The van der Waals surface area contributed by atoms with E-state index in [2.05, 4.69) is 4.98 Å². The fourth-order valence-corrected chi connectivity index (χ4v) is 1.95. The molecule has 1 aromatic heterocycles. The molecule has 1 rings (SSSR count). The average molecular weight is 211 g/mol. The molecule has 3 nitrogen and oxygen atoms in total. The molecule has 0 aliphatic heterocycles. The number of aliphatic carboxylic acids is 1. The Morgan fingerprint density at radius 3 is 2.86 bits per heavy atom. The number of pyridine rings is 1. The zero-order valence-corrected chi connectivity index (χ0v) is 9.04. The van der Waals surface area contributed by atoms with Crippen molar-refractivity contribution in [1.29, 1.82) is 0 Å². The summed E-state index contributed by atoms with van der Waals surface area (Å²) in [4.78, 5) is 15.0. The lowest BCUT2D eigenvalue weighted by atomic mass is 10.3. The van der Waals surface area contributed by atoms with Crippen molar-refractivity contribution in [1.82, 2.24) is 4.98 Å². The van der Waals surface area contributed by atoms with E-state index in [0.717, 1.165) is 10.7 Å². The number of thioether (sulfide) groups is 1. The Bertz CT molecular complexity index is 328. The topological polar surface area (TPSA) is 50.2 Å². The minimum atomic E-state index is -0.777. The molecule has 0 saturated heterocycles. The van der Waals surface area contributed by atoms with Crippen LogP contribution in [0.15, 0.2) is 23.2 Å². The van der Waals surface area contributed by atoms with Gasteiger partial charge < -0.3 is 5.11 Å². The fraction of sp³-hybridized carbons (Fsp3) is 0.400. The first-order valence-electron chi connectivity index (χ1n) is 4.46. The van der Waals surface area contributed by atoms with Crippen molar-refractivity contribution in [2.45, 2.75) is 30.5 Å². The van der Waals surface area contributed by atoms with Gasteiger partial charge in [-0.1, -0.05) is 24.8 Å². The maximum atomic E-state index is 10.8. The molecule has 0 aromatic carbocycles. The Balaban J connectivity index is 2.72. The van der Waals surface area contributed by atoms with Gasteiger partial charge in [0.25, 0.3) is 0 Å². The van der Waals surface area contributed by atoms with E-state index in [0.29, 0.717) is 6.42 Å². The number of nitrogens with zero attached hydrogens (tertiary/aromatic N) is 1. The molecule has 1 heterocycles. The van der Waals surface area contributed by atoms with Gasteiger partial charge in [0.1, 0.15) is 5.25 Å². The van der Waals surface area contributed by atoms with Gasteiger partial charge in [-0.2, -0.15) is 0 Å². The summed E-state index contributed by atoms with van der Waals surface area (Å²) in [6.45, 7) is 3.76. The maximum absolute atomic E-state index is 10.8. The lowest BCUT2D eigenvalue weighted by Crippen LogP contribution is -2.14. The molecule has 0 spiro atoms. The number of aromatic nitrogens is 1. The van der Waals surface area contributed by atoms with Crippen LogP contribution >= 0.6 is 11.8 Å². The first-order valence-corrected chi connectivity index (χ1v) is 5.34. The molecular weight excluding hydrogens is 198 g/mol. The second-order valence-corrected chi connectivity index (χ2v) is 4.19. The Morgan fingerprint density at radius 1 is 1.64 bits per heavy atom. The number of aryl methyl sites for hydroxylation is 1. The fourth-order valence-electron chi connectivity index (χ4n) is 1.04. The minimum absolute atomic E-state index is 0.399. The highest BCUT2D eigenvalue weighted by Crippen LogP contribution is 2.23. The second-order valence-electron chi connectivity index (χ2n) is 2.97. The SMILES string of the molecule is CCC(Sc1cccc(C)n1)C(=O)O. The van der Waals surface area contributed by atoms with Crippen molar-refractivity contribution in [3.05, 3.63) is 23.9 Å². The van der Waals surface area contributed by atoms with Crippen molar-refractivity contribution < 1.29 is 9.90 Å². The monoisotopic (exact) mass is 211 g/mol. The lowest BCUT2D eigenvalue weighted by Gasteiger charge is -2.08. The highest BCUT2D eigenvalue weighted by molar-refractivity contribution is 8.00. The number of carbonyl (C=O) groups is 1. The number of hydrogen-bond acceptors (Lipinski definition) is 3. The van der Waals surface area contributed by atoms with E-state index in [1.54, 1.807) is 0 Å². The van der Waals surface area contributed by atoms with E-state index in [4.69, 9.17) is 5.11 Å². The van der Waals surface area contributed by atoms with Crippen LogP contribution in [-0.2, 0) is 4.79 Å². The summed E-state index contributed by atoms with van der Waals surface area (Å²) in [7, 11) is 0. The molecule has 0 aliphatic rings. The molecule has 14 heavy (non-hydrogen) atoms. The van der Waals surface area contributed by atoms with E-state index in [9.17, 15) is 4.79 Å². The van der Waals surface area contributed by atoms with Crippen LogP contribution in [0.4, 0.5) is 0 Å². The third-order valence-electron chi connectivity index (χ3n) is 1.77. The summed E-state index contributed by atoms with van der Waals surface area (Å²) >= 11 is 1.30. The van der Waals surface area contributed by atoms with E-state index in [1.807, 2.05) is 32.0 Å². The third kappa shape index (κ3) is 3.03. The molecule has 1 N–H and O–H groups in total. The minimum Gasteiger partial charge on any atom is -0.480 e. The molecule has 0 aliphatic carbocycles. The van der Waals surface area contributed by atoms with Crippen molar-refractivity contribution >= 4 is 17.7 Å². The van der Waals surface area contributed by atoms with Gasteiger partial charge in [-0.25, -0.2) is 4.98 Å². The molecule has 1 atom stereocenters. The van der Waals surface area contributed by atoms with Crippen LogP contribution < -0.4 is 0 Å². The van der Waals surface area contributed by atoms with Crippen LogP contribution in [0.2, 0.25) is 0 Å². The summed E-state index contributed by atoms with van der Waals surface area (Å²) in [5.74, 6) is -0.777. The largest absolute Gasteiger partial charge is 0.480 e. The first kappa shape index (κ1) is 11.0. The standard InChI is InChI=1S/C10H13NO2S/c1-3-8(10(12)13)14-9-6-4-5-7(2)11-9/h4-6,8H,3H2,1-2H3,(H,12,13). The van der Waals surface area contributed by atoms with Gasteiger partial charge in [-0.05, 0) is 25.5 Å². The van der Waals surface area contributed by atoms with Crippen molar-refractivity contribution in [3.8, 4) is 0 Å². The van der Waals surface area contributed by atoms with Crippen LogP contribution in [0.1, 0.15) is 19.0 Å². The Hall–Kier alpha value is -1.03. The molecular formula is C10H13NO2S. The quantitative estimate of drug-likeness (QED) is 0.777. The molecule has 0 saturated carbocycles. The Labute approximate surface area is 87.6 Å². The number of hydrogen-bond donors (Lipinski definition) is 1. The van der Waals surface area contributed by atoms with Crippen LogP contribution in [0.25, 0.3) is 0 Å². The number of rotatable bonds is 4. The molecule has 0 radical (unpaired) electrons. The molecule has 76 valence electrons. The highest BCUT2D eigenvalue weighted by atomic mass is 32.2. The van der Waals surface area contributed by atoms with E-state index < -0.39 is 11.2 Å². The predicted octanol–water partition coefficient (Wildman–Crippen LogP) is 2.35. The van der Waals surface area contributed by atoms with Crippen molar-refractivity contribution in [2.75, 3.05) is 0 Å². The molecule has 1 unspecified atom stereocenters. The van der Waals surface area contributed by atoms with Crippen LogP contribution in [0.3, 0.4) is 0 Å². The van der Waals surface area contributed by atoms with Gasteiger partial charge in [0.15, 0.2) is 0 Å². The second kappa shape index (κ2) is 5.00. The van der Waals surface area contributed by atoms with Crippen molar-refractivity contribution in [2.24, 2.45) is 0 Å². The Kier molecular flexibility index (Phi) is 3.95. The van der Waals surface area contributed by atoms with E-state index >= 15 is 0 Å². The predicted molar refractivity (Wildman–Crippen MR) is 56.5 cm³/mol. The summed E-state index contributed by atoms with van der Waals surface area (Å²) in [6, 6.07) is 5.62. The van der Waals surface area contributed by atoms with E-state index in [1.165, 1.54) is 11.8 Å². The zero-order valence-electron chi connectivity index (χ0n) is 8.23. The van der Waals surface area contributed by atoms with Gasteiger partial charge >= 0.3 is 5.97 Å². The first-order chi connectivity index (χ1) is 6.63. The zero-order chi connectivity index (χ0) is 10.6. The van der Waals surface area contributed by atoms with Gasteiger partial charge in [-0.3, -0.25) is 4.79 Å². The summed E-state index contributed by atoms with van der Waals surface area (Å²) in [5.41, 5.74) is 0.912. The third-order valence-corrected chi connectivity index (χ3v) is 3.06. The number of carboxylic acid groups (broad SMARTS) is 1. The van der Waals surface area contributed by atoms with Gasteiger partial charge in [0.05, 0.1) is 5.03 Å². The molecule has 1 aromatic rings. The van der Waals surface area contributed by atoms with Crippen LogP contribution in [-0.4, -0.2) is 21.3 Å². The van der Waals surface area contributed by atoms with Gasteiger partial charge in [0, 0.05) is 5.69 Å². The van der Waals surface area contributed by atoms with E-state index in [-0.39, 0.29) is 0 Å². The smallest absolute Gasteiger partial charge is 0.317 e. The molecule has 0 fully saturated rings. The summed E-state index contributed by atoms with van der Waals surface area (Å²) in [5, 5.41) is 9.23. The normalized spacial score (nSPS) is 12.4.